The second kappa shape index (κ2) is 6.05. The molecule has 0 unspecified atom stereocenters. The van der Waals surface area contributed by atoms with Gasteiger partial charge in [0.05, 0.1) is 17.7 Å². The van der Waals surface area contributed by atoms with Crippen molar-refractivity contribution in [2.45, 2.75) is 6.29 Å². The van der Waals surface area contributed by atoms with Crippen LogP contribution in [0.2, 0.25) is 0 Å². The molecule has 0 aliphatic heterocycles. The summed E-state index contributed by atoms with van der Waals surface area (Å²) in [6.45, 7) is 0. The molecule has 0 amide bonds. The van der Waals surface area contributed by atoms with E-state index in [-0.39, 0.29) is 0 Å². The van der Waals surface area contributed by atoms with Gasteiger partial charge in [-0.25, -0.2) is 4.98 Å². The molecule has 5 heteroatoms. The van der Waals surface area contributed by atoms with Gasteiger partial charge in [-0.15, -0.1) is 6.42 Å². The molecule has 0 saturated carbocycles. The smallest absolute Gasteiger partial charge is 0.178 e. The third-order valence-electron chi connectivity index (χ3n) is 3.59. The number of hydrogen-bond donors (Lipinski definition) is 2. The summed E-state index contributed by atoms with van der Waals surface area (Å²) in [5.41, 5.74) is 4.26. The predicted octanol–water partition coefficient (Wildman–Crippen LogP) is 2.11. The zero-order chi connectivity index (χ0) is 16.4. The van der Waals surface area contributed by atoms with E-state index in [1.54, 1.807) is 18.5 Å². The van der Waals surface area contributed by atoms with Crippen molar-refractivity contribution in [3.05, 3.63) is 60.0 Å². The van der Waals surface area contributed by atoms with Crippen LogP contribution < -0.4 is 0 Å². The Morgan fingerprint density at radius 1 is 1.13 bits per heavy atom. The van der Waals surface area contributed by atoms with Crippen LogP contribution in [0.5, 0.6) is 0 Å². The second-order valence-corrected chi connectivity index (χ2v) is 5.12. The monoisotopic (exact) mass is 305 g/mol. The highest BCUT2D eigenvalue weighted by Gasteiger charge is 2.15. The van der Waals surface area contributed by atoms with Gasteiger partial charge in [0.2, 0.25) is 0 Å². The minimum atomic E-state index is -1.54. The summed E-state index contributed by atoms with van der Waals surface area (Å²) in [5.74, 6) is 2.59. The van der Waals surface area contributed by atoms with E-state index in [0.29, 0.717) is 17.0 Å². The van der Waals surface area contributed by atoms with Crippen molar-refractivity contribution in [1.82, 2.24) is 14.5 Å². The third kappa shape index (κ3) is 2.86. The normalized spacial score (nSPS) is 10.7. The maximum absolute atomic E-state index is 9.33. The summed E-state index contributed by atoms with van der Waals surface area (Å²) in [6, 6.07) is 10.8. The molecule has 3 aromatic rings. The van der Waals surface area contributed by atoms with E-state index in [2.05, 4.69) is 15.9 Å². The summed E-state index contributed by atoms with van der Waals surface area (Å²) in [4.78, 5) is 8.70. The molecule has 1 aromatic carbocycles. The van der Waals surface area contributed by atoms with Gasteiger partial charge in [-0.05, 0) is 24.3 Å². The Bertz CT molecular complexity index is 874. The van der Waals surface area contributed by atoms with Crippen LogP contribution in [0.15, 0.2) is 48.9 Å². The highest BCUT2D eigenvalue weighted by atomic mass is 16.5. The molecule has 0 bridgehead atoms. The number of benzene rings is 1. The molecule has 0 spiro atoms. The first-order valence-corrected chi connectivity index (χ1v) is 7.01. The number of imidazole rings is 1. The van der Waals surface area contributed by atoms with Crippen LogP contribution in [0.3, 0.4) is 0 Å². The van der Waals surface area contributed by atoms with Crippen molar-refractivity contribution < 1.29 is 10.2 Å². The maximum atomic E-state index is 9.33. The number of aromatic nitrogens is 3. The Morgan fingerprint density at radius 3 is 2.52 bits per heavy atom. The zero-order valence-corrected chi connectivity index (χ0v) is 12.5. The first-order valence-electron chi connectivity index (χ1n) is 7.01. The fourth-order valence-electron chi connectivity index (χ4n) is 2.42. The minimum Gasteiger partial charge on any atom is -0.364 e. The van der Waals surface area contributed by atoms with E-state index in [0.717, 1.165) is 16.8 Å². The fourth-order valence-corrected chi connectivity index (χ4v) is 2.42. The van der Waals surface area contributed by atoms with Crippen molar-refractivity contribution in [3.8, 4) is 35.0 Å². The topological polar surface area (TPSA) is 71.2 Å². The lowest BCUT2D eigenvalue weighted by Crippen LogP contribution is -1.97. The van der Waals surface area contributed by atoms with Crippen LogP contribution in [0.25, 0.3) is 22.6 Å². The molecule has 0 radical (unpaired) electrons. The predicted molar refractivity (Wildman–Crippen MR) is 87.0 cm³/mol. The molecule has 2 heterocycles. The number of aliphatic hydroxyl groups excluding tert-OH is 1. The Balaban J connectivity index is 2.12. The van der Waals surface area contributed by atoms with Crippen LogP contribution in [-0.4, -0.2) is 24.7 Å². The molecule has 0 saturated heterocycles. The highest BCUT2D eigenvalue weighted by Crippen LogP contribution is 2.30. The van der Waals surface area contributed by atoms with Gasteiger partial charge in [0.25, 0.3) is 0 Å². The molecule has 5 nitrogen and oxygen atoms in total. The van der Waals surface area contributed by atoms with Gasteiger partial charge in [-0.3, -0.25) is 4.98 Å². The molecule has 0 atom stereocenters. The molecule has 2 N–H and O–H groups in total. The van der Waals surface area contributed by atoms with Gasteiger partial charge in [-0.1, -0.05) is 18.1 Å². The van der Waals surface area contributed by atoms with Gasteiger partial charge in [0.15, 0.2) is 6.29 Å². The molecular formula is C18H15N3O2. The lowest BCUT2D eigenvalue weighted by atomic mass is 10.1. The van der Waals surface area contributed by atoms with E-state index in [9.17, 15) is 10.2 Å². The summed E-state index contributed by atoms with van der Waals surface area (Å²) >= 11 is 0. The number of pyridine rings is 1. The molecule has 0 aliphatic rings. The van der Waals surface area contributed by atoms with Crippen molar-refractivity contribution >= 4 is 0 Å². The largest absolute Gasteiger partial charge is 0.364 e. The van der Waals surface area contributed by atoms with Crippen molar-refractivity contribution in [3.63, 3.8) is 0 Å². The van der Waals surface area contributed by atoms with Crippen LogP contribution in [0, 0.1) is 12.3 Å². The van der Waals surface area contributed by atoms with Crippen molar-refractivity contribution in [2.24, 2.45) is 7.05 Å². The van der Waals surface area contributed by atoms with Gasteiger partial charge in [-0.2, -0.15) is 0 Å². The van der Waals surface area contributed by atoms with Crippen molar-refractivity contribution in [2.75, 3.05) is 0 Å². The molecule has 3 rings (SSSR count). The second-order valence-electron chi connectivity index (χ2n) is 5.12. The fraction of sp³-hybridized carbons (Fsp3) is 0.111. The van der Waals surface area contributed by atoms with Gasteiger partial charge in [0, 0.05) is 29.9 Å². The summed E-state index contributed by atoms with van der Waals surface area (Å²) in [5, 5.41) is 18.7. The van der Waals surface area contributed by atoms with E-state index >= 15 is 0 Å². The number of rotatable bonds is 3. The summed E-state index contributed by atoms with van der Waals surface area (Å²) in [7, 11) is 1.89. The molecule has 23 heavy (non-hydrogen) atoms. The van der Waals surface area contributed by atoms with Crippen LogP contribution in [0.4, 0.5) is 0 Å². The first-order chi connectivity index (χ1) is 11.1. The number of hydrogen-bond acceptors (Lipinski definition) is 4. The minimum absolute atomic E-state index is 0.370. The van der Waals surface area contributed by atoms with Crippen molar-refractivity contribution in [1.29, 1.82) is 0 Å². The quantitative estimate of drug-likeness (QED) is 0.574. The molecular weight excluding hydrogens is 290 g/mol. The van der Waals surface area contributed by atoms with E-state index in [1.165, 1.54) is 6.20 Å². The number of terminal acetylenes is 1. The van der Waals surface area contributed by atoms with Gasteiger partial charge < -0.3 is 14.8 Å². The lowest BCUT2D eigenvalue weighted by molar-refractivity contribution is -0.0425. The average Bonchev–Trinajstić information content (AvgIpc) is 2.96. The summed E-state index contributed by atoms with van der Waals surface area (Å²) in [6.07, 6.45) is 7.08. The average molecular weight is 305 g/mol. The van der Waals surface area contributed by atoms with Crippen LogP contribution >= 0.6 is 0 Å². The van der Waals surface area contributed by atoms with E-state index < -0.39 is 6.29 Å². The Kier molecular flexibility index (Phi) is 3.94. The highest BCUT2D eigenvalue weighted by molar-refractivity contribution is 5.77. The number of aliphatic hydroxyl groups is 2. The van der Waals surface area contributed by atoms with E-state index in [4.69, 9.17) is 6.42 Å². The maximum Gasteiger partial charge on any atom is 0.178 e. The first kappa shape index (κ1) is 15.0. The molecule has 2 aromatic heterocycles. The number of aryl methyl sites for hydroxylation is 1. The Hall–Kier alpha value is -2.94. The van der Waals surface area contributed by atoms with Crippen LogP contribution in [-0.2, 0) is 7.05 Å². The Labute approximate surface area is 133 Å². The standard InChI is InChI=1S/C18H15N3O2/c1-3-12-4-6-13(7-5-12)17-16(20-11-21(17)2)15-10-14(18(22)23)8-9-19-15/h1,4-11,18,22-23H,2H3. The zero-order valence-electron chi connectivity index (χ0n) is 12.5. The third-order valence-corrected chi connectivity index (χ3v) is 3.59. The lowest BCUT2D eigenvalue weighted by Gasteiger charge is -2.08. The van der Waals surface area contributed by atoms with Crippen LogP contribution in [0.1, 0.15) is 17.4 Å². The molecule has 114 valence electrons. The van der Waals surface area contributed by atoms with Gasteiger partial charge in [0.1, 0.15) is 5.69 Å². The van der Waals surface area contributed by atoms with E-state index in [1.807, 2.05) is 35.9 Å². The molecule has 0 aliphatic carbocycles. The number of nitrogens with zero attached hydrogens (tertiary/aromatic N) is 3. The Morgan fingerprint density at radius 2 is 1.87 bits per heavy atom. The van der Waals surface area contributed by atoms with Gasteiger partial charge >= 0.3 is 0 Å². The summed E-state index contributed by atoms with van der Waals surface area (Å²) < 4.78 is 1.89. The SMILES string of the molecule is C#Cc1ccc(-c2c(-c3cc(C(O)O)ccn3)ncn2C)cc1. The molecule has 0 fully saturated rings.